The minimum Gasteiger partial charge on any atom is -0.374 e. The summed E-state index contributed by atoms with van der Waals surface area (Å²) in [5, 5.41) is 0. The average Bonchev–Trinajstić information content (AvgIpc) is 3.10. The third kappa shape index (κ3) is 9.03. The number of benzene rings is 2. The third-order valence-corrected chi connectivity index (χ3v) is 5.61. The number of hydrogen-bond acceptors (Lipinski definition) is 5. The van der Waals surface area contributed by atoms with E-state index in [4.69, 9.17) is 23.7 Å². The molecule has 1 fully saturated rings. The van der Waals surface area contributed by atoms with Crippen molar-refractivity contribution in [1.29, 1.82) is 0 Å². The average molecular weight is 455 g/mol. The summed E-state index contributed by atoms with van der Waals surface area (Å²) in [6.07, 6.45) is 3.64. The van der Waals surface area contributed by atoms with Gasteiger partial charge in [0.25, 0.3) is 0 Å². The Labute approximate surface area is 198 Å². The highest BCUT2D eigenvalue weighted by molar-refractivity contribution is 5.14. The normalized spacial score (nSPS) is 20.7. The van der Waals surface area contributed by atoms with E-state index in [9.17, 15) is 0 Å². The molecule has 2 atom stereocenters. The van der Waals surface area contributed by atoms with Gasteiger partial charge in [0, 0.05) is 12.8 Å². The van der Waals surface area contributed by atoms with Gasteiger partial charge < -0.3 is 23.7 Å². The highest BCUT2D eigenvalue weighted by Gasteiger charge is 2.43. The van der Waals surface area contributed by atoms with Gasteiger partial charge in [-0.25, -0.2) is 0 Å². The monoisotopic (exact) mass is 454 g/mol. The van der Waals surface area contributed by atoms with E-state index in [0.717, 1.165) is 24.0 Å². The Morgan fingerprint density at radius 3 is 1.94 bits per heavy atom. The van der Waals surface area contributed by atoms with Crippen LogP contribution in [-0.2, 0) is 36.9 Å². The van der Waals surface area contributed by atoms with Crippen LogP contribution in [0.1, 0.15) is 51.2 Å². The van der Waals surface area contributed by atoms with Crippen molar-refractivity contribution in [3.05, 3.63) is 84.4 Å². The molecular weight excluding hydrogens is 416 g/mol. The van der Waals surface area contributed by atoms with E-state index in [0.29, 0.717) is 32.8 Å². The summed E-state index contributed by atoms with van der Waals surface area (Å²) in [7, 11) is 0. The molecule has 3 rings (SSSR count). The van der Waals surface area contributed by atoms with Crippen LogP contribution in [0, 0.1) is 0 Å². The predicted molar refractivity (Wildman–Crippen MR) is 130 cm³/mol. The van der Waals surface area contributed by atoms with E-state index < -0.39 is 5.79 Å². The van der Waals surface area contributed by atoms with Gasteiger partial charge >= 0.3 is 0 Å². The molecule has 0 aliphatic carbocycles. The zero-order valence-corrected chi connectivity index (χ0v) is 20.2. The predicted octanol–water partition coefficient (Wildman–Crippen LogP) is 6.03. The van der Waals surface area contributed by atoms with Crippen LogP contribution in [0.15, 0.2) is 73.3 Å². The van der Waals surface area contributed by atoms with Gasteiger partial charge in [0.1, 0.15) is 0 Å². The second-order valence-electron chi connectivity index (χ2n) is 9.29. The van der Waals surface area contributed by atoms with Crippen molar-refractivity contribution in [1.82, 2.24) is 0 Å². The van der Waals surface area contributed by atoms with Gasteiger partial charge in [0.05, 0.1) is 38.1 Å². The summed E-state index contributed by atoms with van der Waals surface area (Å²) in [4.78, 5) is 0. The standard InChI is InChI=1S/C28H38O5/c1-5-18-29-25(19-28(4)22-32-27(2,3)33-28)16-17-26(30-20-23-12-8-6-9-13-23)31-21-24-14-10-7-11-15-24/h5-15,25-26H,1,16-22H2,2-4H3/t25-,28+/m0/s1. The molecule has 0 bridgehead atoms. The van der Waals surface area contributed by atoms with Crippen molar-refractivity contribution in [3.8, 4) is 0 Å². The summed E-state index contributed by atoms with van der Waals surface area (Å²) < 4.78 is 30.4. The van der Waals surface area contributed by atoms with Crippen molar-refractivity contribution in [2.45, 2.75) is 77.0 Å². The molecule has 1 saturated heterocycles. The van der Waals surface area contributed by atoms with Crippen molar-refractivity contribution >= 4 is 0 Å². The van der Waals surface area contributed by atoms with Crippen LogP contribution in [0.3, 0.4) is 0 Å². The molecule has 0 aromatic heterocycles. The first-order chi connectivity index (χ1) is 15.9. The van der Waals surface area contributed by atoms with Crippen LogP contribution in [0.4, 0.5) is 0 Å². The topological polar surface area (TPSA) is 46.2 Å². The van der Waals surface area contributed by atoms with E-state index in [1.54, 1.807) is 6.08 Å². The minimum absolute atomic E-state index is 0.0198. The first-order valence-corrected chi connectivity index (χ1v) is 11.8. The van der Waals surface area contributed by atoms with E-state index in [1.165, 1.54) is 0 Å². The lowest BCUT2D eigenvalue weighted by Gasteiger charge is -2.30. The Balaban J connectivity index is 1.60. The first-order valence-electron chi connectivity index (χ1n) is 11.8. The minimum atomic E-state index is -0.572. The Bertz CT molecular complexity index is 779. The molecule has 0 amide bonds. The van der Waals surface area contributed by atoms with Gasteiger partial charge in [-0.05, 0) is 38.3 Å². The van der Waals surface area contributed by atoms with Crippen molar-refractivity contribution in [3.63, 3.8) is 0 Å². The fraction of sp³-hybridized carbons (Fsp3) is 0.500. The van der Waals surface area contributed by atoms with Crippen LogP contribution >= 0.6 is 0 Å². The summed E-state index contributed by atoms with van der Waals surface area (Å²) >= 11 is 0. The van der Waals surface area contributed by atoms with E-state index in [1.807, 2.05) is 50.2 Å². The van der Waals surface area contributed by atoms with E-state index in [2.05, 4.69) is 37.8 Å². The fourth-order valence-corrected chi connectivity index (χ4v) is 4.07. The molecule has 1 aliphatic heterocycles. The van der Waals surface area contributed by atoms with Crippen LogP contribution in [-0.4, -0.2) is 37.0 Å². The van der Waals surface area contributed by atoms with Crippen LogP contribution < -0.4 is 0 Å². The molecule has 1 heterocycles. The van der Waals surface area contributed by atoms with Crippen molar-refractivity contribution in [2.75, 3.05) is 13.2 Å². The maximum atomic E-state index is 6.18. The molecule has 1 aliphatic rings. The Hall–Kier alpha value is -2.02. The molecule has 0 spiro atoms. The van der Waals surface area contributed by atoms with Gasteiger partial charge in [-0.3, -0.25) is 0 Å². The van der Waals surface area contributed by atoms with Crippen LogP contribution in [0.2, 0.25) is 0 Å². The Kier molecular flexibility index (Phi) is 9.65. The third-order valence-electron chi connectivity index (χ3n) is 5.61. The lowest BCUT2D eigenvalue weighted by molar-refractivity contribution is -0.172. The molecule has 5 nitrogen and oxygen atoms in total. The zero-order valence-electron chi connectivity index (χ0n) is 20.2. The molecule has 2 aromatic rings. The molecule has 33 heavy (non-hydrogen) atoms. The van der Waals surface area contributed by atoms with Crippen LogP contribution in [0.5, 0.6) is 0 Å². The van der Waals surface area contributed by atoms with Crippen molar-refractivity contribution < 1.29 is 23.7 Å². The van der Waals surface area contributed by atoms with Gasteiger partial charge in [0.2, 0.25) is 0 Å². The molecule has 0 saturated carbocycles. The highest BCUT2D eigenvalue weighted by atomic mass is 16.8. The van der Waals surface area contributed by atoms with Gasteiger partial charge in [-0.1, -0.05) is 66.7 Å². The van der Waals surface area contributed by atoms with Gasteiger partial charge in [-0.15, -0.1) is 6.58 Å². The van der Waals surface area contributed by atoms with Crippen LogP contribution in [0.25, 0.3) is 0 Å². The molecule has 0 radical (unpaired) electrons. The fourth-order valence-electron chi connectivity index (χ4n) is 4.07. The molecule has 0 unspecified atom stereocenters. The van der Waals surface area contributed by atoms with E-state index in [-0.39, 0.29) is 18.0 Å². The van der Waals surface area contributed by atoms with Crippen molar-refractivity contribution in [2.24, 2.45) is 0 Å². The molecule has 0 N–H and O–H groups in total. The lowest BCUT2D eigenvalue weighted by atomic mass is 9.96. The second-order valence-corrected chi connectivity index (χ2v) is 9.29. The quantitative estimate of drug-likeness (QED) is 0.258. The first kappa shape index (κ1) is 25.6. The second kappa shape index (κ2) is 12.4. The smallest absolute Gasteiger partial charge is 0.163 e. The Morgan fingerprint density at radius 2 is 1.45 bits per heavy atom. The van der Waals surface area contributed by atoms with Gasteiger partial charge in [-0.2, -0.15) is 0 Å². The summed E-state index contributed by atoms with van der Waals surface area (Å²) in [6.45, 7) is 11.8. The number of hydrogen-bond donors (Lipinski definition) is 0. The maximum Gasteiger partial charge on any atom is 0.163 e. The molecular formula is C28H38O5. The lowest BCUT2D eigenvalue weighted by Crippen LogP contribution is -2.36. The Morgan fingerprint density at radius 1 is 0.879 bits per heavy atom. The SMILES string of the molecule is C=CCO[C@@H](CCC(OCc1ccccc1)OCc1ccccc1)C[C@]1(C)COC(C)(C)O1. The summed E-state index contributed by atoms with van der Waals surface area (Å²) in [5.41, 5.74) is 1.86. The van der Waals surface area contributed by atoms with E-state index >= 15 is 0 Å². The maximum absolute atomic E-state index is 6.18. The molecule has 5 heteroatoms. The number of ether oxygens (including phenoxy) is 5. The molecule has 2 aromatic carbocycles. The molecule has 180 valence electrons. The zero-order chi connectivity index (χ0) is 23.6. The van der Waals surface area contributed by atoms with Gasteiger partial charge in [0.15, 0.2) is 12.1 Å². The summed E-state index contributed by atoms with van der Waals surface area (Å²) in [6, 6.07) is 20.3. The number of rotatable bonds is 14. The summed E-state index contributed by atoms with van der Waals surface area (Å²) in [5.74, 6) is -0.572. The largest absolute Gasteiger partial charge is 0.374 e. The highest BCUT2D eigenvalue weighted by Crippen LogP contribution is 2.35.